The van der Waals surface area contributed by atoms with Crippen LogP contribution in [0.4, 0.5) is 0 Å². The molecule has 3 aromatic rings. The molecule has 0 amide bonds. The first-order chi connectivity index (χ1) is 14.9. The number of sulfonamides is 1. The number of rotatable bonds is 11. The fraction of sp³-hybridized carbons (Fsp3) is 0.333. The highest BCUT2D eigenvalue weighted by Gasteiger charge is 2.33. The van der Waals surface area contributed by atoms with Gasteiger partial charge in [0, 0.05) is 26.4 Å². The fourth-order valence-electron chi connectivity index (χ4n) is 3.72. The van der Waals surface area contributed by atoms with Crippen LogP contribution < -0.4 is 4.72 Å². The minimum atomic E-state index is -3.57. The molecule has 0 bridgehead atoms. The van der Waals surface area contributed by atoms with E-state index in [0.29, 0.717) is 19.6 Å². The van der Waals surface area contributed by atoms with Gasteiger partial charge in [0.25, 0.3) is 0 Å². The van der Waals surface area contributed by atoms with E-state index in [2.05, 4.69) is 4.72 Å². The molecule has 7 heteroatoms. The molecule has 0 fully saturated rings. The molecule has 2 aromatic carbocycles. The Labute approximate surface area is 184 Å². The van der Waals surface area contributed by atoms with Crippen LogP contribution in [0.15, 0.2) is 77.8 Å². The first-order valence-electron chi connectivity index (χ1n) is 10.4. The molecule has 1 unspecified atom stereocenters. The summed E-state index contributed by atoms with van der Waals surface area (Å²) in [5, 5.41) is 11.6. The zero-order chi connectivity index (χ0) is 22.3. The molecule has 0 spiro atoms. The van der Waals surface area contributed by atoms with E-state index in [1.165, 1.54) is 0 Å². The lowest BCUT2D eigenvalue weighted by Crippen LogP contribution is -2.30. The Hall–Kier alpha value is -2.45. The predicted octanol–water partition coefficient (Wildman–Crippen LogP) is 3.65. The third-order valence-electron chi connectivity index (χ3n) is 5.35. The molecule has 0 aliphatic rings. The van der Waals surface area contributed by atoms with Gasteiger partial charge >= 0.3 is 0 Å². The number of aromatic nitrogens is 1. The summed E-state index contributed by atoms with van der Waals surface area (Å²) in [5.74, 6) is 0. The highest BCUT2D eigenvalue weighted by atomic mass is 32.2. The lowest BCUT2D eigenvalue weighted by atomic mass is 9.85. The molecule has 1 heterocycles. The Kier molecular flexibility index (Phi) is 7.67. The molecule has 1 aromatic heterocycles. The molecule has 0 aliphatic heterocycles. The van der Waals surface area contributed by atoms with Gasteiger partial charge in [0.1, 0.15) is 5.60 Å². The molecule has 6 nitrogen and oxygen atoms in total. The Balaban J connectivity index is 1.79. The second-order valence-corrected chi connectivity index (χ2v) is 9.29. The van der Waals surface area contributed by atoms with Gasteiger partial charge in [-0.2, -0.15) is 0 Å². The van der Waals surface area contributed by atoms with Crippen LogP contribution in [0.3, 0.4) is 0 Å². The highest BCUT2D eigenvalue weighted by Crippen LogP contribution is 2.34. The molecule has 0 aliphatic carbocycles. The largest absolute Gasteiger partial charge is 0.383 e. The maximum absolute atomic E-state index is 12.4. The standard InChI is InChI=1S/C24H30N2O4S/c1-3-15-24(27,23-10-7-16-26(23)17-18-30-2)21-13-11-20(12-14-21)19-25-31(28,29)22-8-5-4-6-9-22/h4-14,16,25,27H,3,15,17-19H2,1-2H3. The average molecular weight is 443 g/mol. The van der Waals surface area contributed by atoms with Crippen LogP contribution in [0.25, 0.3) is 0 Å². The summed E-state index contributed by atoms with van der Waals surface area (Å²) < 4.78 is 34.7. The summed E-state index contributed by atoms with van der Waals surface area (Å²) in [6.45, 7) is 3.43. The molecule has 2 N–H and O–H groups in total. The van der Waals surface area contributed by atoms with Crippen molar-refractivity contribution in [1.82, 2.24) is 9.29 Å². The van der Waals surface area contributed by atoms with Crippen LogP contribution in [0.5, 0.6) is 0 Å². The maximum atomic E-state index is 12.4. The van der Waals surface area contributed by atoms with Gasteiger partial charge in [-0.25, -0.2) is 13.1 Å². The second-order valence-electron chi connectivity index (χ2n) is 7.52. The zero-order valence-corrected chi connectivity index (χ0v) is 18.8. The third-order valence-corrected chi connectivity index (χ3v) is 6.77. The van der Waals surface area contributed by atoms with E-state index in [0.717, 1.165) is 23.2 Å². The van der Waals surface area contributed by atoms with Gasteiger partial charge in [0.15, 0.2) is 0 Å². The van der Waals surface area contributed by atoms with Crippen LogP contribution in [0.1, 0.15) is 36.6 Å². The lowest BCUT2D eigenvalue weighted by molar-refractivity contribution is 0.0600. The van der Waals surface area contributed by atoms with Crippen LogP contribution in [0, 0.1) is 0 Å². The van der Waals surface area contributed by atoms with Gasteiger partial charge in [-0.1, -0.05) is 55.8 Å². The van der Waals surface area contributed by atoms with Crippen molar-refractivity contribution < 1.29 is 18.3 Å². The third kappa shape index (κ3) is 5.43. The Bertz CT molecular complexity index is 1060. The number of nitrogens with zero attached hydrogens (tertiary/aromatic N) is 1. The van der Waals surface area contributed by atoms with E-state index in [4.69, 9.17) is 4.74 Å². The monoisotopic (exact) mass is 442 g/mol. The first-order valence-corrected chi connectivity index (χ1v) is 11.9. The van der Waals surface area contributed by atoms with Crippen molar-refractivity contribution in [2.24, 2.45) is 0 Å². The molecule has 31 heavy (non-hydrogen) atoms. The number of hydrogen-bond donors (Lipinski definition) is 2. The summed E-state index contributed by atoms with van der Waals surface area (Å²) in [6.07, 6.45) is 3.33. The zero-order valence-electron chi connectivity index (χ0n) is 18.0. The second kappa shape index (κ2) is 10.2. The van der Waals surface area contributed by atoms with Gasteiger partial charge in [-0.3, -0.25) is 0 Å². The van der Waals surface area contributed by atoms with Crippen LogP contribution in [-0.2, 0) is 33.5 Å². The van der Waals surface area contributed by atoms with Crippen molar-refractivity contribution in [1.29, 1.82) is 0 Å². The number of ether oxygens (including phenoxy) is 1. The number of aliphatic hydroxyl groups is 1. The molecular formula is C24H30N2O4S. The number of hydrogen-bond acceptors (Lipinski definition) is 4. The molecule has 3 rings (SSSR count). The van der Waals surface area contributed by atoms with Crippen molar-refractivity contribution in [2.45, 2.75) is 43.4 Å². The highest BCUT2D eigenvalue weighted by molar-refractivity contribution is 7.89. The van der Waals surface area contributed by atoms with Crippen molar-refractivity contribution in [3.8, 4) is 0 Å². The average Bonchev–Trinajstić information content (AvgIpc) is 3.27. The van der Waals surface area contributed by atoms with Crippen LogP contribution >= 0.6 is 0 Å². The molecule has 0 saturated carbocycles. The SMILES string of the molecule is CCCC(O)(c1ccc(CNS(=O)(=O)c2ccccc2)cc1)c1cccn1CCOC. The van der Waals surface area contributed by atoms with Gasteiger partial charge < -0.3 is 14.4 Å². The predicted molar refractivity (Wildman–Crippen MR) is 121 cm³/mol. The van der Waals surface area contributed by atoms with Crippen molar-refractivity contribution in [3.05, 3.63) is 89.7 Å². The summed E-state index contributed by atoms with van der Waals surface area (Å²) in [5.41, 5.74) is 1.29. The normalized spacial score (nSPS) is 13.8. The summed E-state index contributed by atoms with van der Waals surface area (Å²) in [7, 11) is -1.91. The fourth-order valence-corrected chi connectivity index (χ4v) is 4.75. The summed E-state index contributed by atoms with van der Waals surface area (Å²) in [6, 6.07) is 19.6. The minimum absolute atomic E-state index is 0.175. The molecule has 0 saturated heterocycles. The van der Waals surface area contributed by atoms with E-state index in [9.17, 15) is 13.5 Å². The minimum Gasteiger partial charge on any atom is -0.383 e. The van der Waals surface area contributed by atoms with Gasteiger partial charge in [-0.15, -0.1) is 0 Å². The van der Waals surface area contributed by atoms with Crippen LogP contribution in [-0.4, -0.2) is 31.8 Å². The Morgan fingerprint density at radius 3 is 2.39 bits per heavy atom. The smallest absolute Gasteiger partial charge is 0.240 e. The van der Waals surface area contributed by atoms with Gasteiger partial charge in [0.05, 0.1) is 17.2 Å². The van der Waals surface area contributed by atoms with Gasteiger partial charge in [-0.05, 0) is 41.8 Å². The molecular weight excluding hydrogens is 412 g/mol. The molecule has 0 radical (unpaired) electrons. The van der Waals surface area contributed by atoms with Crippen molar-refractivity contribution in [2.75, 3.05) is 13.7 Å². The summed E-state index contributed by atoms with van der Waals surface area (Å²) >= 11 is 0. The topological polar surface area (TPSA) is 80.6 Å². The Morgan fingerprint density at radius 1 is 1.03 bits per heavy atom. The van der Waals surface area contributed by atoms with E-state index in [1.54, 1.807) is 37.4 Å². The van der Waals surface area contributed by atoms with Crippen molar-refractivity contribution in [3.63, 3.8) is 0 Å². The first kappa shape index (κ1) is 23.2. The van der Waals surface area contributed by atoms with E-state index in [-0.39, 0.29) is 11.4 Å². The number of benzene rings is 2. The Morgan fingerprint density at radius 2 is 1.74 bits per heavy atom. The molecule has 1 atom stereocenters. The number of nitrogens with one attached hydrogen (secondary N) is 1. The van der Waals surface area contributed by atoms with E-state index in [1.807, 2.05) is 54.1 Å². The van der Waals surface area contributed by atoms with E-state index < -0.39 is 15.6 Å². The van der Waals surface area contributed by atoms with Gasteiger partial charge in [0.2, 0.25) is 10.0 Å². The maximum Gasteiger partial charge on any atom is 0.240 e. The summed E-state index contributed by atoms with van der Waals surface area (Å²) in [4.78, 5) is 0.237. The van der Waals surface area contributed by atoms with Crippen LogP contribution in [0.2, 0.25) is 0 Å². The lowest BCUT2D eigenvalue weighted by Gasteiger charge is -2.30. The number of methoxy groups -OCH3 is 1. The van der Waals surface area contributed by atoms with E-state index >= 15 is 0 Å². The van der Waals surface area contributed by atoms with Crippen molar-refractivity contribution >= 4 is 10.0 Å². The quantitative estimate of drug-likeness (QED) is 0.475. The molecule has 166 valence electrons.